The first-order chi connectivity index (χ1) is 8.82. The van der Waals surface area contributed by atoms with Gasteiger partial charge in [-0.3, -0.25) is 0 Å². The number of nitrogens with two attached hydrogens (primary N) is 1. The lowest BCUT2D eigenvalue weighted by Crippen LogP contribution is -2.08. The van der Waals surface area contributed by atoms with Crippen LogP contribution in [0.4, 0.5) is 10.1 Å². The van der Waals surface area contributed by atoms with E-state index in [1.807, 2.05) is 0 Å². The molecule has 0 radical (unpaired) electrons. The van der Waals surface area contributed by atoms with E-state index < -0.39 is 17.3 Å². The average Bonchev–Trinajstić information content (AvgIpc) is 2.59. The minimum Gasteiger partial charge on any atom is -0.478 e. The first kappa shape index (κ1) is 13.4. The van der Waals surface area contributed by atoms with Gasteiger partial charge >= 0.3 is 5.97 Å². The van der Waals surface area contributed by atoms with Crippen LogP contribution in [0.1, 0.15) is 21.7 Å². The molecule has 0 unspecified atom stereocenters. The lowest BCUT2D eigenvalue weighted by molar-refractivity contribution is 0.0692. The van der Waals surface area contributed by atoms with Gasteiger partial charge in [-0.05, 0) is 19.9 Å². The summed E-state index contributed by atoms with van der Waals surface area (Å²) in [6, 6.07) is 2.10. The van der Waals surface area contributed by atoms with Crippen LogP contribution < -0.4 is 5.73 Å². The van der Waals surface area contributed by atoms with Crippen LogP contribution in [0.25, 0.3) is 5.69 Å². The van der Waals surface area contributed by atoms with Gasteiger partial charge in [-0.2, -0.15) is 5.10 Å². The standard InChI is InChI=1S/C12H11ClFN3O2/c1-5-11(13)6(2)17(16-5)10-4-8(14)7(12(18)19)3-9(10)15/h3-4H,15H2,1-2H3,(H,18,19). The van der Waals surface area contributed by atoms with Crippen LogP contribution in [-0.4, -0.2) is 20.9 Å². The lowest BCUT2D eigenvalue weighted by atomic mass is 10.1. The van der Waals surface area contributed by atoms with Gasteiger partial charge in [0.1, 0.15) is 5.82 Å². The fraction of sp³-hybridized carbons (Fsp3) is 0.167. The van der Waals surface area contributed by atoms with Gasteiger partial charge in [0.2, 0.25) is 0 Å². The normalized spacial score (nSPS) is 10.7. The van der Waals surface area contributed by atoms with Crippen molar-refractivity contribution in [1.29, 1.82) is 0 Å². The minimum atomic E-state index is -1.37. The van der Waals surface area contributed by atoms with Crippen molar-refractivity contribution in [3.05, 3.63) is 39.9 Å². The molecule has 0 fully saturated rings. The Hall–Kier alpha value is -2.08. The van der Waals surface area contributed by atoms with Crippen molar-refractivity contribution in [2.24, 2.45) is 0 Å². The summed E-state index contributed by atoms with van der Waals surface area (Å²) >= 11 is 6.01. The summed E-state index contributed by atoms with van der Waals surface area (Å²) in [6.45, 7) is 3.43. The maximum atomic E-state index is 13.7. The predicted octanol–water partition coefficient (Wildman–Crippen LogP) is 2.56. The second-order valence-corrected chi connectivity index (χ2v) is 4.47. The Labute approximate surface area is 113 Å². The number of nitrogens with zero attached hydrogens (tertiary/aromatic N) is 2. The summed E-state index contributed by atoms with van der Waals surface area (Å²) in [5.41, 5.74) is 6.84. The molecule has 0 spiro atoms. The third-order valence-corrected chi connectivity index (χ3v) is 3.32. The lowest BCUT2D eigenvalue weighted by Gasteiger charge is -2.09. The predicted molar refractivity (Wildman–Crippen MR) is 69.4 cm³/mol. The number of halogens is 2. The first-order valence-corrected chi connectivity index (χ1v) is 5.75. The molecule has 0 saturated heterocycles. The van der Waals surface area contributed by atoms with Gasteiger partial charge in [-0.25, -0.2) is 13.9 Å². The van der Waals surface area contributed by atoms with Crippen LogP contribution >= 0.6 is 11.6 Å². The van der Waals surface area contributed by atoms with Gasteiger partial charge in [-0.15, -0.1) is 0 Å². The molecule has 2 rings (SSSR count). The van der Waals surface area contributed by atoms with Crippen LogP contribution in [0.5, 0.6) is 0 Å². The zero-order valence-corrected chi connectivity index (χ0v) is 11.0. The quantitative estimate of drug-likeness (QED) is 0.830. The molecule has 0 aliphatic heterocycles. The number of rotatable bonds is 2. The van der Waals surface area contributed by atoms with E-state index in [0.29, 0.717) is 16.4 Å². The molecule has 0 aliphatic carbocycles. The molecule has 0 aliphatic rings. The Balaban J connectivity index is 2.67. The fourth-order valence-electron chi connectivity index (χ4n) is 1.79. The zero-order chi connectivity index (χ0) is 14.3. The number of nitrogen functional groups attached to an aromatic ring is 1. The topological polar surface area (TPSA) is 81.1 Å². The molecular formula is C12H11ClFN3O2. The van der Waals surface area contributed by atoms with Crippen molar-refractivity contribution >= 4 is 23.3 Å². The molecule has 7 heteroatoms. The van der Waals surface area contributed by atoms with Crippen molar-refractivity contribution in [3.8, 4) is 5.69 Å². The number of hydrogen-bond donors (Lipinski definition) is 2. The van der Waals surface area contributed by atoms with Crippen molar-refractivity contribution in [2.75, 3.05) is 5.73 Å². The molecule has 1 aromatic carbocycles. The highest BCUT2D eigenvalue weighted by Gasteiger charge is 2.18. The number of aromatic nitrogens is 2. The van der Waals surface area contributed by atoms with Crippen molar-refractivity contribution in [3.63, 3.8) is 0 Å². The number of carboxylic acid groups (broad SMARTS) is 1. The van der Waals surface area contributed by atoms with Gasteiger partial charge in [0.05, 0.1) is 33.3 Å². The van der Waals surface area contributed by atoms with Crippen molar-refractivity contribution in [1.82, 2.24) is 9.78 Å². The van der Waals surface area contributed by atoms with Gasteiger partial charge in [0, 0.05) is 6.07 Å². The summed E-state index contributed by atoms with van der Waals surface area (Å²) in [5.74, 6) is -2.25. The van der Waals surface area contributed by atoms with E-state index >= 15 is 0 Å². The van der Waals surface area contributed by atoms with E-state index in [-0.39, 0.29) is 11.4 Å². The summed E-state index contributed by atoms with van der Waals surface area (Å²) in [6.07, 6.45) is 0. The Bertz CT molecular complexity index is 682. The number of aryl methyl sites for hydroxylation is 1. The van der Waals surface area contributed by atoms with Crippen molar-refractivity contribution < 1.29 is 14.3 Å². The maximum Gasteiger partial charge on any atom is 0.338 e. The summed E-state index contributed by atoms with van der Waals surface area (Å²) in [5, 5.41) is 13.4. The summed E-state index contributed by atoms with van der Waals surface area (Å²) in [7, 11) is 0. The molecular weight excluding hydrogens is 273 g/mol. The van der Waals surface area contributed by atoms with E-state index in [4.69, 9.17) is 22.4 Å². The molecule has 19 heavy (non-hydrogen) atoms. The highest BCUT2D eigenvalue weighted by atomic mass is 35.5. The van der Waals surface area contributed by atoms with E-state index in [1.165, 1.54) is 4.68 Å². The monoisotopic (exact) mass is 283 g/mol. The van der Waals surface area contributed by atoms with Gasteiger partial charge in [0.15, 0.2) is 0 Å². The minimum absolute atomic E-state index is 0.112. The van der Waals surface area contributed by atoms with Crippen LogP contribution in [0, 0.1) is 19.7 Å². The third-order valence-electron chi connectivity index (χ3n) is 2.78. The van der Waals surface area contributed by atoms with Gasteiger partial charge < -0.3 is 10.8 Å². The van der Waals surface area contributed by atoms with Gasteiger partial charge in [0.25, 0.3) is 0 Å². The number of anilines is 1. The Kier molecular flexibility index (Phi) is 3.20. The fourth-order valence-corrected chi connectivity index (χ4v) is 1.90. The number of carbonyl (C=O) groups is 1. The maximum absolute atomic E-state index is 13.7. The Morgan fingerprint density at radius 3 is 2.58 bits per heavy atom. The van der Waals surface area contributed by atoms with Crippen molar-refractivity contribution in [2.45, 2.75) is 13.8 Å². The number of aromatic carboxylic acids is 1. The van der Waals surface area contributed by atoms with Crippen LogP contribution in [0.3, 0.4) is 0 Å². The highest BCUT2D eigenvalue weighted by molar-refractivity contribution is 6.31. The van der Waals surface area contributed by atoms with E-state index in [2.05, 4.69) is 5.10 Å². The molecule has 1 aromatic heterocycles. The zero-order valence-electron chi connectivity index (χ0n) is 10.2. The smallest absolute Gasteiger partial charge is 0.338 e. The van der Waals surface area contributed by atoms with E-state index in [9.17, 15) is 9.18 Å². The van der Waals surface area contributed by atoms with Crippen LogP contribution in [-0.2, 0) is 0 Å². The summed E-state index contributed by atoms with van der Waals surface area (Å²) < 4.78 is 15.1. The number of hydrogen-bond acceptors (Lipinski definition) is 3. The molecule has 2 aromatic rings. The number of benzene rings is 1. The molecule has 0 saturated carbocycles. The Morgan fingerprint density at radius 1 is 1.47 bits per heavy atom. The second-order valence-electron chi connectivity index (χ2n) is 4.09. The molecule has 1 heterocycles. The Morgan fingerprint density at radius 2 is 2.11 bits per heavy atom. The molecule has 3 N–H and O–H groups in total. The van der Waals surface area contributed by atoms with E-state index in [0.717, 1.165) is 12.1 Å². The average molecular weight is 284 g/mol. The van der Waals surface area contributed by atoms with Crippen LogP contribution in [0.2, 0.25) is 5.02 Å². The SMILES string of the molecule is Cc1nn(-c2cc(F)c(C(=O)O)cc2N)c(C)c1Cl. The molecule has 100 valence electrons. The largest absolute Gasteiger partial charge is 0.478 e. The van der Waals surface area contributed by atoms with E-state index in [1.54, 1.807) is 13.8 Å². The molecule has 5 nitrogen and oxygen atoms in total. The van der Waals surface area contributed by atoms with Gasteiger partial charge in [-0.1, -0.05) is 11.6 Å². The number of carboxylic acids is 1. The first-order valence-electron chi connectivity index (χ1n) is 5.37. The summed E-state index contributed by atoms with van der Waals surface area (Å²) in [4.78, 5) is 10.8. The second kappa shape index (κ2) is 4.55. The third kappa shape index (κ3) is 2.15. The molecule has 0 bridgehead atoms. The highest BCUT2D eigenvalue weighted by Crippen LogP contribution is 2.27. The molecule has 0 atom stereocenters. The van der Waals surface area contributed by atoms with Crippen LogP contribution in [0.15, 0.2) is 12.1 Å². The molecule has 0 amide bonds.